The van der Waals surface area contributed by atoms with Gasteiger partial charge in [0.15, 0.2) is 29.0 Å². The normalized spacial score (nSPS) is 16.6. The quantitative estimate of drug-likeness (QED) is 0.204. The summed E-state index contributed by atoms with van der Waals surface area (Å²) in [5.74, 6) is 0. The highest BCUT2D eigenvalue weighted by molar-refractivity contribution is 8.17. The monoisotopic (exact) mass is 772 g/mol. The number of hydrogen-bond donors (Lipinski definition) is 0. The van der Waals surface area contributed by atoms with Crippen molar-refractivity contribution in [1.29, 1.82) is 0 Å². The van der Waals surface area contributed by atoms with E-state index in [9.17, 15) is 38.5 Å². The van der Waals surface area contributed by atoms with Crippen molar-refractivity contribution < 1.29 is 38.5 Å². The Bertz CT molecular complexity index is 2240. The number of carbonyl (C=O) groups excluding carboxylic acids is 1. The third kappa shape index (κ3) is 8.43. The number of fused-ring (bicyclic) bond motifs is 2. The lowest BCUT2D eigenvalue weighted by Gasteiger charge is -2.20. The van der Waals surface area contributed by atoms with Crippen molar-refractivity contribution in [1.82, 2.24) is 0 Å². The molecule has 15 heteroatoms. The van der Waals surface area contributed by atoms with E-state index in [1.807, 2.05) is 50.2 Å². The summed E-state index contributed by atoms with van der Waals surface area (Å²) < 4.78 is 95.1. The summed E-state index contributed by atoms with van der Waals surface area (Å²) in [6.45, 7) is 12.1. The first-order valence-electron chi connectivity index (χ1n) is 16.1. The van der Waals surface area contributed by atoms with Gasteiger partial charge in [-0.2, -0.15) is 0 Å². The first-order chi connectivity index (χ1) is 24.1. The van der Waals surface area contributed by atoms with E-state index in [1.165, 1.54) is 60.3 Å². The maximum Gasteiger partial charge on any atom is 0.219 e. The molecule has 0 N–H and O–H groups in total. The first-order valence-corrected chi connectivity index (χ1v) is 22.3. The maximum atomic E-state index is 12.6. The highest BCUT2D eigenvalue weighted by Gasteiger charge is 2.44. The van der Waals surface area contributed by atoms with Gasteiger partial charge in [-0.3, -0.25) is 4.79 Å². The van der Waals surface area contributed by atoms with Gasteiger partial charge in [0, 0.05) is 43.1 Å². The largest absolute Gasteiger partial charge is 0.372 e. The second-order valence-corrected chi connectivity index (χ2v) is 19.7. The van der Waals surface area contributed by atoms with Crippen LogP contribution >= 0.6 is 0 Å². The molecule has 0 amide bonds. The van der Waals surface area contributed by atoms with Crippen LogP contribution in [0.15, 0.2) is 121 Å². The third-order valence-corrected chi connectivity index (χ3v) is 17.5. The van der Waals surface area contributed by atoms with E-state index in [0.29, 0.717) is 5.56 Å². The summed E-state index contributed by atoms with van der Waals surface area (Å²) in [5.41, 5.74) is 3.45. The molecule has 51 heavy (non-hydrogen) atoms. The van der Waals surface area contributed by atoms with E-state index in [1.54, 1.807) is 12.1 Å². The molecule has 0 aromatic heterocycles. The van der Waals surface area contributed by atoms with Crippen LogP contribution in [0.3, 0.4) is 0 Å². The van der Waals surface area contributed by atoms with Gasteiger partial charge in [0.05, 0.1) is 19.6 Å². The predicted octanol–water partition coefficient (Wildman–Crippen LogP) is 5.64. The van der Waals surface area contributed by atoms with E-state index in [4.69, 9.17) is 0 Å². The van der Waals surface area contributed by atoms with Crippen molar-refractivity contribution in [3.05, 3.63) is 112 Å². The molecule has 6 rings (SSSR count). The van der Waals surface area contributed by atoms with Gasteiger partial charge in [0.1, 0.15) is 6.29 Å². The van der Waals surface area contributed by atoms with Gasteiger partial charge >= 0.3 is 0 Å². The minimum Gasteiger partial charge on any atom is -0.372 e. The Morgan fingerprint density at radius 1 is 0.490 bits per heavy atom. The van der Waals surface area contributed by atoms with Crippen LogP contribution in [0.25, 0.3) is 6.08 Å². The molecule has 0 atom stereocenters. The zero-order valence-electron chi connectivity index (χ0n) is 28.6. The molecule has 2 aliphatic heterocycles. The zero-order valence-corrected chi connectivity index (χ0v) is 31.9. The number of aldehydes is 1. The molecule has 2 aliphatic rings. The van der Waals surface area contributed by atoms with Crippen molar-refractivity contribution >= 4 is 63.1 Å². The minimum atomic E-state index is -4.03. The summed E-state index contributed by atoms with van der Waals surface area (Å²) in [7, 11) is -15.3. The number of nitrogens with zero attached hydrogens (tertiary/aromatic N) is 2. The van der Waals surface area contributed by atoms with Gasteiger partial charge in [-0.15, -0.1) is 0 Å². The number of carbonyl (C=O) groups is 1. The second kappa shape index (κ2) is 15.9. The Kier molecular flexibility index (Phi) is 12.3. The van der Waals surface area contributed by atoms with Crippen LogP contribution in [0.4, 0.5) is 11.4 Å². The van der Waals surface area contributed by atoms with Crippen LogP contribution in [0, 0.1) is 0 Å². The van der Waals surface area contributed by atoms with Crippen molar-refractivity contribution in [2.24, 2.45) is 0 Å². The molecule has 0 spiro atoms. The number of benzene rings is 4. The average Bonchev–Trinajstić information content (AvgIpc) is 3.41. The number of anilines is 2. The van der Waals surface area contributed by atoms with Gasteiger partial charge in [0.2, 0.25) is 19.7 Å². The highest BCUT2D eigenvalue weighted by atomic mass is 32.3. The van der Waals surface area contributed by atoms with E-state index < -0.39 is 48.7 Å². The molecule has 4 aromatic carbocycles. The van der Waals surface area contributed by atoms with Gasteiger partial charge in [-0.05, 0) is 100.0 Å². The zero-order chi connectivity index (χ0) is 37.6. The molecule has 0 saturated heterocycles. The Morgan fingerprint density at radius 3 is 1.16 bits per heavy atom. The van der Waals surface area contributed by atoms with E-state index in [-0.39, 0.29) is 19.6 Å². The molecule has 0 saturated carbocycles. The fourth-order valence-corrected chi connectivity index (χ4v) is 14.8. The average molecular weight is 773 g/mol. The molecular formula is C36H40N2O9S4. The van der Waals surface area contributed by atoms with Crippen molar-refractivity contribution in [2.75, 3.05) is 41.1 Å². The Morgan fingerprint density at radius 2 is 0.824 bits per heavy atom. The van der Waals surface area contributed by atoms with Gasteiger partial charge in [-0.25, -0.2) is 33.7 Å². The van der Waals surface area contributed by atoms with E-state index in [2.05, 4.69) is 23.6 Å². The lowest BCUT2D eigenvalue weighted by atomic mass is 10.2. The van der Waals surface area contributed by atoms with Crippen LogP contribution in [-0.2, 0) is 39.3 Å². The molecule has 0 aliphatic carbocycles. The molecule has 0 bridgehead atoms. The SMILES string of the molecule is CCN(CC)c1ccc(C=C2S(=O)(=O)c3ccccc3S2(=O)=O)cc1.CCN(CC)c1ccc(C=O)cc1.O=S1(=O)CS(=O)(=O)c2ccccc21. The summed E-state index contributed by atoms with van der Waals surface area (Å²) in [6.07, 6.45) is 2.10. The summed E-state index contributed by atoms with van der Waals surface area (Å²) in [5, 5.41) is -0.792. The third-order valence-electron chi connectivity index (χ3n) is 8.25. The molecule has 4 aromatic rings. The Labute approximate surface area is 300 Å². The molecule has 0 radical (unpaired) electrons. The molecule has 0 fully saturated rings. The fraction of sp³-hybridized carbons (Fsp3) is 0.250. The fourth-order valence-electron chi connectivity index (χ4n) is 5.56. The van der Waals surface area contributed by atoms with Crippen LogP contribution < -0.4 is 9.80 Å². The van der Waals surface area contributed by atoms with E-state index >= 15 is 0 Å². The Hall–Kier alpha value is -4.31. The lowest BCUT2D eigenvalue weighted by molar-refractivity contribution is 0.112. The second-order valence-electron chi connectivity index (χ2n) is 11.4. The molecule has 11 nitrogen and oxygen atoms in total. The lowest BCUT2D eigenvalue weighted by Crippen LogP contribution is -2.21. The van der Waals surface area contributed by atoms with Crippen LogP contribution in [0.5, 0.6) is 0 Å². The highest BCUT2D eigenvalue weighted by Crippen LogP contribution is 2.41. The molecule has 2 heterocycles. The van der Waals surface area contributed by atoms with Crippen molar-refractivity contribution in [3.8, 4) is 0 Å². The summed E-state index contributed by atoms with van der Waals surface area (Å²) >= 11 is 0. The Balaban J connectivity index is 0.000000189. The first kappa shape index (κ1) is 39.5. The van der Waals surface area contributed by atoms with Crippen LogP contribution in [0.2, 0.25) is 0 Å². The number of rotatable bonds is 8. The summed E-state index contributed by atoms with van der Waals surface area (Å²) in [4.78, 5) is 14.4. The topological polar surface area (TPSA) is 160 Å². The smallest absolute Gasteiger partial charge is 0.219 e. The van der Waals surface area contributed by atoms with Crippen molar-refractivity contribution in [3.63, 3.8) is 0 Å². The summed E-state index contributed by atoms with van der Waals surface area (Å²) in [6, 6.07) is 26.2. The number of hydrogen-bond acceptors (Lipinski definition) is 11. The number of sulfone groups is 4. The van der Waals surface area contributed by atoms with Crippen molar-refractivity contribution in [2.45, 2.75) is 47.3 Å². The predicted molar refractivity (Wildman–Crippen MR) is 200 cm³/mol. The van der Waals surface area contributed by atoms with Gasteiger partial charge < -0.3 is 9.80 Å². The van der Waals surface area contributed by atoms with Crippen LogP contribution in [-0.4, -0.2) is 71.2 Å². The minimum absolute atomic E-state index is 0.0741. The molecule has 272 valence electrons. The van der Waals surface area contributed by atoms with Crippen LogP contribution in [0.1, 0.15) is 43.6 Å². The standard InChI is InChI=1S/C18H19NO4S2.C11H15NO.C7H6O4S2/c1-3-19(4-2)15-11-9-14(10-12-15)13-18-24(20,21)16-7-5-6-8-17(16)25(18,22)23;1-3-12(4-2)11-7-5-10(9-13)6-8-11;8-12(9)5-13(10,11)7-4-2-1-3-6(7)12/h5-13H,3-4H2,1-2H3;5-9H,3-4H2,1-2H3;1-4H,5H2. The molecule has 0 unspecified atom stereocenters. The van der Waals surface area contributed by atoms with E-state index in [0.717, 1.165) is 43.7 Å². The van der Waals surface area contributed by atoms with Gasteiger partial charge in [0.25, 0.3) is 0 Å². The molecular weight excluding hydrogens is 733 g/mol. The van der Waals surface area contributed by atoms with Gasteiger partial charge in [-0.1, -0.05) is 36.4 Å². The maximum absolute atomic E-state index is 12.6.